The largest absolute Gasteiger partial charge is 0.481 e. The molecule has 0 aromatic carbocycles. The van der Waals surface area contributed by atoms with Crippen LogP contribution in [0, 0.1) is 17.8 Å². The Morgan fingerprint density at radius 3 is 1.78 bits per heavy atom. The minimum Gasteiger partial charge on any atom is -0.481 e. The van der Waals surface area contributed by atoms with Crippen LogP contribution in [0.5, 0.6) is 0 Å². The van der Waals surface area contributed by atoms with Crippen molar-refractivity contribution in [3.05, 3.63) is 59.3 Å². The Hall–Kier alpha value is -2.56. The van der Waals surface area contributed by atoms with E-state index in [2.05, 4.69) is 0 Å². The summed E-state index contributed by atoms with van der Waals surface area (Å²) in [5.74, 6) is -4.03. The second kappa shape index (κ2) is 17.0. The minimum absolute atomic E-state index is 0.0667. The molecule has 0 fully saturated rings. The fourth-order valence-corrected chi connectivity index (χ4v) is 3.63. The second-order valence-corrected chi connectivity index (χ2v) is 9.60. The van der Waals surface area contributed by atoms with Crippen molar-refractivity contribution < 1.29 is 45.3 Å². The lowest BCUT2D eigenvalue weighted by atomic mass is 9.89. The van der Waals surface area contributed by atoms with Crippen molar-refractivity contribution >= 4 is 11.9 Å². The summed E-state index contributed by atoms with van der Waals surface area (Å²) in [6, 6.07) is 0. The van der Waals surface area contributed by atoms with E-state index in [1.165, 1.54) is 12.2 Å². The van der Waals surface area contributed by atoms with Crippen molar-refractivity contribution in [2.45, 2.75) is 84.9 Å². The van der Waals surface area contributed by atoms with Crippen molar-refractivity contribution in [2.24, 2.45) is 17.8 Å². The molecule has 0 aromatic rings. The van der Waals surface area contributed by atoms with E-state index in [1.807, 2.05) is 19.9 Å². The number of aliphatic carboxylic acids is 2. The summed E-state index contributed by atoms with van der Waals surface area (Å²) < 4.78 is 0. The summed E-state index contributed by atoms with van der Waals surface area (Å²) in [4.78, 5) is 22.2. The lowest BCUT2D eigenvalue weighted by Crippen LogP contribution is -2.32. The fourth-order valence-electron chi connectivity index (χ4n) is 3.63. The summed E-state index contributed by atoms with van der Waals surface area (Å²) in [5.41, 5.74) is 2.08. The maximum absolute atomic E-state index is 11.6. The second-order valence-electron chi connectivity index (χ2n) is 9.60. The zero-order valence-corrected chi connectivity index (χ0v) is 22.5. The van der Waals surface area contributed by atoms with Crippen LogP contribution in [0.3, 0.4) is 0 Å². The Labute approximate surface area is 219 Å². The number of aliphatic hydroxyl groups excluding tert-OH is 5. The van der Waals surface area contributed by atoms with Gasteiger partial charge in [-0.3, -0.25) is 4.79 Å². The van der Waals surface area contributed by atoms with Gasteiger partial charge in [-0.2, -0.15) is 0 Å². The lowest BCUT2D eigenvalue weighted by Gasteiger charge is -2.22. The topological polar surface area (TPSA) is 176 Å². The predicted octanol–water partition coefficient (Wildman–Crippen LogP) is 2.60. The molecule has 0 aliphatic heterocycles. The molecule has 210 valence electrons. The van der Waals surface area contributed by atoms with Crippen molar-refractivity contribution in [2.75, 3.05) is 0 Å². The van der Waals surface area contributed by atoms with Crippen LogP contribution in [0.4, 0.5) is 0 Å². The Kier molecular flexibility index (Phi) is 15.9. The van der Waals surface area contributed by atoms with Crippen LogP contribution >= 0.6 is 0 Å². The first-order valence-electron chi connectivity index (χ1n) is 12.3. The molecule has 0 aliphatic rings. The summed E-state index contributed by atoms with van der Waals surface area (Å²) in [6.45, 7) is 10.6. The van der Waals surface area contributed by atoms with Gasteiger partial charge in [0.15, 0.2) is 6.10 Å². The van der Waals surface area contributed by atoms with Crippen LogP contribution < -0.4 is 0 Å². The molecular weight excluding hydrogens is 480 g/mol. The molecule has 0 spiro atoms. The Morgan fingerprint density at radius 2 is 1.27 bits per heavy atom. The number of carboxylic acid groups (broad SMARTS) is 2. The van der Waals surface area contributed by atoms with E-state index in [-0.39, 0.29) is 18.3 Å². The van der Waals surface area contributed by atoms with Gasteiger partial charge >= 0.3 is 11.9 Å². The predicted molar refractivity (Wildman–Crippen MR) is 142 cm³/mol. The molecule has 0 unspecified atom stereocenters. The van der Waals surface area contributed by atoms with Crippen LogP contribution in [-0.4, -0.2) is 78.2 Å². The number of hydrogen-bond acceptors (Lipinski definition) is 7. The molecule has 0 saturated carbocycles. The van der Waals surface area contributed by atoms with Gasteiger partial charge in [0.25, 0.3) is 0 Å². The number of carboxylic acids is 2. The molecule has 0 heterocycles. The SMILES string of the molecule is C/C=C(\C)C[C@H](/C=C(\C)[C@H](O)[C@H](C)/C=C(\C)[C@H](O)[C@H](C)/C=C/[C@H](O)C/C=C/[C@H](O)[C@H](O)C(=O)O)C(=O)O. The molecule has 0 aromatic heterocycles. The Balaban J connectivity index is 5.15. The van der Waals surface area contributed by atoms with E-state index in [4.69, 9.17) is 5.11 Å². The number of carbonyl (C=O) groups is 2. The van der Waals surface area contributed by atoms with Gasteiger partial charge in [0.2, 0.25) is 0 Å². The maximum Gasteiger partial charge on any atom is 0.335 e. The molecule has 0 radical (unpaired) electrons. The summed E-state index contributed by atoms with van der Waals surface area (Å²) in [5, 5.41) is 68.3. The standard InChI is InChI=1S/C28H44O9/c1-7-16(2)13-21(27(34)35)15-20(6)25(32)19(5)14-18(4)24(31)17(3)11-12-22(29)9-8-10-23(30)26(33)28(36)37/h7-8,10-12,14-15,17,19,21-26,29-33H,9,13H2,1-6H3,(H,34,35)(H,36,37)/b10-8+,12-11+,16-7+,18-14+,20-15+/t17-,19-,21-,22-,23+,24-,25-,26+/m1/s1. The van der Waals surface area contributed by atoms with Crippen molar-refractivity contribution in [1.29, 1.82) is 0 Å². The van der Waals surface area contributed by atoms with Gasteiger partial charge in [0, 0.05) is 11.8 Å². The lowest BCUT2D eigenvalue weighted by molar-refractivity contribution is -0.151. The van der Waals surface area contributed by atoms with Gasteiger partial charge in [-0.1, -0.05) is 62.0 Å². The smallest absolute Gasteiger partial charge is 0.335 e. The number of hydrogen-bond donors (Lipinski definition) is 7. The Bertz CT molecular complexity index is 884. The molecule has 8 atom stereocenters. The van der Waals surface area contributed by atoms with Gasteiger partial charge < -0.3 is 35.7 Å². The molecule has 9 nitrogen and oxygen atoms in total. The normalized spacial score (nSPS) is 20.4. The van der Waals surface area contributed by atoms with Gasteiger partial charge in [-0.25, -0.2) is 4.79 Å². The van der Waals surface area contributed by atoms with Gasteiger partial charge in [-0.15, -0.1) is 0 Å². The third kappa shape index (κ3) is 13.0. The molecule has 0 amide bonds. The van der Waals surface area contributed by atoms with E-state index in [9.17, 15) is 40.2 Å². The van der Waals surface area contributed by atoms with E-state index in [0.717, 1.165) is 11.6 Å². The molecule has 9 heteroatoms. The van der Waals surface area contributed by atoms with Crippen LogP contribution in [0.2, 0.25) is 0 Å². The number of allylic oxidation sites excluding steroid dienone is 2. The quantitative estimate of drug-likeness (QED) is 0.150. The minimum atomic E-state index is -1.95. The van der Waals surface area contributed by atoms with Crippen LogP contribution in [-0.2, 0) is 9.59 Å². The van der Waals surface area contributed by atoms with Gasteiger partial charge in [0.1, 0.15) is 6.10 Å². The molecule has 37 heavy (non-hydrogen) atoms. The highest BCUT2D eigenvalue weighted by molar-refractivity contribution is 5.73. The average Bonchev–Trinajstić information content (AvgIpc) is 2.84. The first kappa shape index (κ1) is 34.4. The third-order valence-electron chi connectivity index (χ3n) is 6.20. The molecular formula is C28H44O9. The van der Waals surface area contributed by atoms with Crippen LogP contribution in [0.25, 0.3) is 0 Å². The zero-order valence-electron chi connectivity index (χ0n) is 22.5. The van der Waals surface area contributed by atoms with Crippen molar-refractivity contribution in [1.82, 2.24) is 0 Å². The van der Waals surface area contributed by atoms with Crippen molar-refractivity contribution in [3.63, 3.8) is 0 Å². The monoisotopic (exact) mass is 524 g/mol. The van der Waals surface area contributed by atoms with Crippen LogP contribution in [0.1, 0.15) is 54.4 Å². The van der Waals surface area contributed by atoms with Gasteiger partial charge in [0.05, 0.1) is 24.2 Å². The molecule has 0 aliphatic carbocycles. The molecule has 0 bridgehead atoms. The summed E-state index contributed by atoms with van der Waals surface area (Å²) >= 11 is 0. The highest BCUT2D eigenvalue weighted by Crippen LogP contribution is 2.23. The number of rotatable bonds is 16. The molecule has 0 saturated heterocycles. The summed E-state index contributed by atoms with van der Waals surface area (Å²) in [7, 11) is 0. The Morgan fingerprint density at radius 1 is 0.730 bits per heavy atom. The third-order valence-corrected chi connectivity index (χ3v) is 6.20. The van der Waals surface area contributed by atoms with E-state index >= 15 is 0 Å². The highest BCUT2D eigenvalue weighted by Gasteiger charge is 2.22. The zero-order chi connectivity index (χ0) is 28.9. The maximum atomic E-state index is 11.6. The number of aliphatic hydroxyl groups is 5. The van der Waals surface area contributed by atoms with Crippen molar-refractivity contribution in [3.8, 4) is 0 Å². The first-order chi connectivity index (χ1) is 17.1. The fraction of sp³-hybridized carbons (Fsp3) is 0.571. The van der Waals surface area contributed by atoms with E-state index in [1.54, 1.807) is 45.9 Å². The van der Waals surface area contributed by atoms with Crippen LogP contribution in [0.15, 0.2) is 59.3 Å². The molecule has 7 N–H and O–H groups in total. The average molecular weight is 525 g/mol. The molecule has 0 rings (SSSR count). The highest BCUT2D eigenvalue weighted by atomic mass is 16.4. The first-order valence-corrected chi connectivity index (χ1v) is 12.3. The van der Waals surface area contributed by atoms with Gasteiger partial charge in [-0.05, 0) is 51.7 Å². The van der Waals surface area contributed by atoms with E-state index < -0.39 is 48.4 Å². The van der Waals surface area contributed by atoms with E-state index in [0.29, 0.717) is 17.6 Å². The summed E-state index contributed by atoms with van der Waals surface area (Å²) in [6.07, 6.45) is 4.80.